The Morgan fingerprint density at radius 2 is 1.81 bits per heavy atom. The molecule has 0 saturated carbocycles. The Morgan fingerprint density at radius 1 is 1.10 bits per heavy atom. The fraction of sp³-hybridized carbons (Fsp3) is 0.133. The Labute approximate surface area is 142 Å². The molecule has 2 aromatic carbocycles. The average molecular weight is 361 g/mol. The minimum absolute atomic E-state index is 0.0500. The molecule has 0 aliphatic carbocycles. The lowest BCUT2D eigenvalue weighted by Gasteiger charge is -2.07. The Hall–Kier alpha value is -0.870. The van der Waals surface area contributed by atoms with E-state index >= 15 is 0 Å². The fourth-order valence-electron chi connectivity index (χ4n) is 1.63. The Kier molecular flexibility index (Phi) is 6.24. The molecule has 0 atom stereocenters. The molecule has 0 aliphatic rings. The third-order valence-corrected chi connectivity index (χ3v) is 4.56. The number of alkyl halides is 1. The molecule has 2 aromatic rings. The summed E-state index contributed by atoms with van der Waals surface area (Å²) in [6.45, 7) is 0. The van der Waals surface area contributed by atoms with Crippen LogP contribution in [0, 0.1) is 0 Å². The zero-order valence-corrected chi connectivity index (χ0v) is 14.0. The van der Waals surface area contributed by atoms with Crippen LogP contribution in [0.15, 0.2) is 47.4 Å². The van der Waals surface area contributed by atoms with E-state index in [0.29, 0.717) is 10.0 Å². The molecule has 21 heavy (non-hydrogen) atoms. The summed E-state index contributed by atoms with van der Waals surface area (Å²) in [7, 11) is 0. The van der Waals surface area contributed by atoms with Gasteiger partial charge in [0.2, 0.25) is 5.91 Å². The lowest BCUT2D eigenvalue weighted by atomic mass is 10.2. The predicted octanol–water partition coefficient (Wildman–Crippen LogP) is 5.46. The van der Waals surface area contributed by atoms with Gasteiger partial charge in [-0.3, -0.25) is 4.79 Å². The van der Waals surface area contributed by atoms with Gasteiger partial charge in [-0.2, -0.15) is 0 Å². The van der Waals surface area contributed by atoms with Crippen molar-refractivity contribution in [1.29, 1.82) is 0 Å². The van der Waals surface area contributed by atoms with Crippen LogP contribution >= 0.6 is 46.6 Å². The van der Waals surface area contributed by atoms with Crippen molar-refractivity contribution in [3.63, 3.8) is 0 Å². The molecule has 0 spiro atoms. The van der Waals surface area contributed by atoms with Crippen LogP contribution in [0.3, 0.4) is 0 Å². The van der Waals surface area contributed by atoms with Crippen molar-refractivity contribution in [2.45, 2.75) is 10.6 Å². The molecular formula is C15H12Cl3NOS. The molecule has 0 aliphatic heterocycles. The molecule has 0 heterocycles. The smallest absolute Gasteiger partial charge is 0.239 e. The number of thioether (sulfide) groups is 1. The Bertz CT molecular complexity index is 631. The van der Waals surface area contributed by atoms with E-state index in [2.05, 4.69) is 5.32 Å². The molecule has 6 heteroatoms. The largest absolute Gasteiger partial charge is 0.325 e. The second kappa shape index (κ2) is 7.95. The number of carbonyl (C=O) groups excluding carboxylic acids is 1. The lowest BCUT2D eigenvalue weighted by molar-refractivity contribution is -0.113. The van der Waals surface area contributed by atoms with Crippen LogP contribution in [0.1, 0.15) is 5.56 Å². The van der Waals surface area contributed by atoms with E-state index in [4.69, 9.17) is 34.8 Å². The zero-order valence-electron chi connectivity index (χ0n) is 10.9. The summed E-state index contributed by atoms with van der Waals surface area (Å²) in [5, 5.41) is 3.99. The van der Waals surface area contributed by atoms with Crippen LogP contribution in [0.2, 0.25) is 10.0 Å². The molecule has 110 valence electrons. The number of halogens is 3. The lowest BCUT2D eigenvalue weighted by Crippen LogP contribution is -2.12. The van der Waals surface area contributed by atoms with Gasteiger partial charge in [-0.15, -0.1) is 23.4 Å². The van der Waals surface area contributed by atoms with Gasteiger partial charge in [0.1, 0.15) is 5.88 Å². The first-order valence-corrected chi connectivity index (χ1v) is 8.38. The van der Waals surface area contributed by atoms with E-state index in [0.717, 1.165) is 21.9 Å². The first-order chi connectivity index (χ1) is 10.1. The summed E-state index contributed by atoms with van der Waals surface area (Å²) in [5.41, 5.74) is 1.76. The highest BCUT2D eigenvalue weighted by Gasteiger charge is 2.04. The van der Waals surface area contributed by atoms with Gasteiger partial charge < -0.3 is 5.32 Å². The van der Waals surface area contributed by atoms with E-state index in [9.17, 15) is 4.79 Å². The van der Waals surface area contributed by atoms with Crippen LogP contribution in [0.5, 0.6) is 0 Å². The van der Waals surface area contributed by atoms with Crippen LogP contribution < -0.4 is 5.32 Å². The first-order valence-electron chi connectivity index (χ1n) is 6.11. The average Bonchev–Trinajstić information content (AvgIpc) is 2.48. The highest BCUT2D eigenvalue weighted by atomic mass is 35.5. The summed E-state index contributed by atoms with van der Waals surface area (Å²) in [6.07, 6.45) is 0. The number of nitrogens with one attached hydrogen (secondary N) is 1. The minimum Gasteiger partial charge on any atom is -0.325 e. The van der Waals surface area contributed by atoms with Crippen molar-refractivity contribution >= 4 is 58.2 Å². The highest BCUT2D eigenvalue weighted by molar-refractivity contribution is 7.98. The number of benzene rings is 2. The van der Waals surface area contributed by atoms with Crippen molar-refractivity contribution in [1.82, 2.24) is 0 Å². The number of amides is 1. The van der Waals surface area contributed by atoms with Gasteiger partial charge in [0.05, 0.1) is 0 Å². The van der Waals surface area contributed by atoms with Crippen LogP contribution in [-0.4, -0.2) is 11.8 Å². The molecule has 2 nitrogen and oxygen atoms in total. The van der Waals surface area contributed by atoms with E-state index < -0.39 is 0 Å². The summed E-state index contributed by atoms with van der Waals surface area (Å²) in [4.78, 5) is 12.3. The second-order valence-electron chi connectivity index (χ2n) is 4.23. The van der Waals surface area contributed by atoms with E-state index in [-0.39, 0.29) is 11.8 Å². The SMILES string of the molecule is O=C(CCl)Nc1ccc(SCc2ccc(Cl)cc2Cl)cc1. The third-order valence-electron chi connectivity index (χ3n) is 2.67. The summed E-state index contributed by atoms with van der Waals surface area (Å²) >= 11 is 19.1. The van der Waals surface area contributed by atoms with Crippen LogP contribution in [-0.2, 0) is 10.5 Å². The van der Waals surface area contributed by atoms with Gasteiger partial charge in [-0.05, 0) is 42.0 Å². The van der Waals surface area contributed by atoms with Gasteiger partial charge >= 0.3 is 0 Å². The predicted molar refractivity (Wildman–Crippen MR) is 91.8 cm³/mol. The molecule has 1 amide bonds. The molecule has 1 N–H and O–H groups in total. The summed E-state index contributed by atoms with van der Waals surface area (Å²) in [5.74, 6) is 0.486. The number of carbonyl (C=O) groups is 1. The number of anilines is 1. The number of hydrogen-bond acceptors (Lipinski definition) is 2. The van der Waals surface area contributed by atoms with Crippen molar-refractivity contribution in [2.24, 2.45) is 0 Å². The maximum atomic E-state index is 11.2. The topological polar surface area (TPSA) is 29.1 Å². The maximum Gasteiger partial charge on any atom is 0.239 e. The molecular weight excluding hydrogens is 349 g/mol. The van der Waals surface area contributed by atoms with Gasteiger partial charge in [0.15, 0.2) is 0 Å². The maximum absolute atomic E-state index is 11.2. The summed E-state index contributed by atoms with van der Waals surface area (Å²) < 4.78 is 0. The second-order valence-corrected chi connectivity index (χ2v) is 6.39. The van der Waals surface area contributed by atoms with Gasteiger partial charge in [-0.1, -0.05) is 29.3 Å². The summed E-state index contributed by atoms with van der Waals surface area (Å²) in [6, 6.07) is 13.1. The molecule has 0 unspecified atom stereocenters. The number of rotatable bonds is 5. The molecule has 0 saturated heterocycles. The molecule has 0 fully saturated rings. The molecule has 0 radical (unpaired) electrons. The number of hydrogen-bond donors (Lipinski definition) is 1. The third kappa shape index (κ3) is 5.11. The first kappa shape index (κ1) is 16.5. The van der Waals surface area contributed by atoms with E-state index in [1.165, 1.54) is 0 Å². The van der Waals surface area contributed by atoms with Crippen molar-refractivity contribution in [3.8, 4) is 0 Å². The Balaban J connectivity index is 1.96. The van der Waals surface area contributed by atoms with E-state index in [1.807, 2.05) is 36.4 Å². The highest BCUT2D eigenvalue weighted by Crippen LogP contribution is 2.29. The van der Waals surface area contributed by atoms with Crippen LogP contribution in [0.25, 0.3) is 0 Å². The zero-order chi connectivity index (χ0) is 15.2. The minimum atomic E-state index is -0.218. The van der Waals surface area contributed by atoms with Crippen LogP contribution in [0.4, 0.5) is 5.69 Å². The molecule has 0 aromatic heterocycles. The normalized spacial score (nSPS) is 10.4. The monoisotopic (exact) mass is 359 g/mol. The van der Waals surface area contributed by atoms with Gasteiger partial charge in [0, 0.05) is 26.4 Å². The van der Waals surface area contributed by atoms with Gasteiger partial charge in [0.25, 0.3) is 0 Å². The van der Waals surface area contributed by atoms with E-state index in [1.54, 1.807) is 17.8 Å². The van der Waals surface area contributed by atoms with Crippen molar-refractivity contribution < 1.29 is 4.79 Å². The Morgan fingerprint density at radius 3 is 2.43 bits per heavy atom. The molecule has 0 bridgehead atoms. The van der Waals surface area contributed by atoms with Crippen molar-refractivity contribution in [3.05, 3.63) is 58.1 Å². The van der Waals surface area contributed by atoms with Crippen molar-refractivity contribution in [2.75, 3.05) is 11.2 Å². The fourth-order valence-corrected chi connectivity index (χ4v) is 3.15. The van der Waals surface area contributed by atoms with Gasteiger partial charge in [-0.25, -0.2) is 0 Å². The molecule has 2 rings (SSSR count). The quantitative estimate of drug-likeness (QED) is 0.566. The standard InChI is InChI=1S/C15H12Cl3NOS/c16-8-15(20)19-12-3-5-13(6-4-12)21-9-10-1-2-11(17)7-14(10)18/h1-7H,8-9H2,(H,19,20).